The summed E-state index contributed by atoms with van der Waals surface area (Å²) in [5.74, 6) is 0.0548. The number of hydrogen-bond acceptors (Lipinski definition) is 7. The molecular weight excluding hydrogens is 522 g/mol. The van der Waals surface area contributed by atoms with E-state index in [9.17, 15) is 14.4 Å². The summed E-state index contributed by atoms with van der Waals surface area (Å²) in [6, 6.07) is 18.5. The molecule has 2 amide bonds. The molecule has 1 atom stereocenters. The lowest BCUT2D eigenvalue weighted by Crippen LogP contribution is -2.30. The SMILES string of the molecule is CC(=O)Oc1ccc(C2c3cc(NC(=O)OC(C)(C)C)ccc3-c3ccc(NC(=O)OC(C)(C)C)cc3N2C)cc1. The normalized spacial score (nSPS) is 14.3. The van der Waals surface area contributed by atoms with E-state index < -0.39 is 29.4 Å². The van der Waals surface area contributed by atoms with Gasteiger partial charge in [-0.3, -0.25) is 15.4 Å². The predicted molar refractivity (Wildman–Crippen MR) is 160 cm³/mol. The van der Waals surface area contributed by atoms with Crippen LogP contribution in [-0.4, -0.2) is 36.4 Å². The zero-order chi connectivity index (χ0) is 30.1. The molecule has 0 aliphatic carbocycles. The van der Waals surface area contributed by atoms with Gasteiger partial charge < -0.3 is 19.1 Å². The zero-order valence-corrected chi connectivity index (χ0v) is 24.7. The Morgan fingerprint density at radius 1 is 0.732 bits per heavy atom. The van der Waals surface area contributed by atoms with Crippen LogP contribution in [0.25, 0.3) is 11.1 Å². The third-order valence-corrected chi connectivity index (χ3v) is 6.15. The van der Waals surface area contributed by atoms with Crippen LogP contribution >= 0.6 is 0 Å². The summed E-state index contributed by atoms with van der Waals surface area (Å²) in [5.41, 5.74) is 4.68. The van der Waals surface area contributed by atoms with Crippen LogP contribution in [0.2, 0.25) is 0 Å². The smallest absolute Gasteiger partial charge is 0.412 e. The topological polar surface area (TPSA) is 106 Å². The van der Waals surface area contributed by atoms with Gasteiger partial charge in [-0.15, -0.1) is 0 Å². The van der Waals surface area contributed by atoms with Gasteiger partial charge in [0, 0.05) is 36.6 Å². The number of anilines is 3. The van der Waals surface area contributed by atoms with Crippen molar-refractivity contribution in [2.75, 3.05) is 22.6 Å². The Morgan fingerprint density at radius 2 is 1.24 bits per heavy atom. The van der Waals surface area contributed by atoms with E-state index in [1.54, 1.807) is 12.1 Å². The summed E-state index contributed by atoms with van der Waals surface area (Å²) in [4.78, 5) is 38.5. The molecule has 0 aromatic heterocycles. The third kappa shape index (κ3) is 7.36. The number of esters is 1. The van der Waals surface area contributed by atoms with Gasteiger partial charge in [-0.05, 0) is 94.6 Å². The number of fused-ring (bicyclic) bond motifs is 3. The van der Waals surface area contributed by atoms with Crippen LogP contribution in [0.3, 0.4) is 0 Å². The Hall–Kier alpha value is -4.53. The molecule has 1 unspecified atom stereocenters. The van der Waals surface area contributed by atoms with Crippen molar-refractivity contribution in [3.8, 4) is 16.9 Å². The highest BCUT2D eigenvalue weighted by molar-refractivity contribution is 5.93. The van der Waals surface area contributed by atoms with Crippen molar-refractivity contribution in [2.45, 2.75) is 65.7 Å². The van der Waals surface area contributed by atoms with Crippen LogP contribution in [0.15, 0.2) is 60.7 Å². The molecule has 216 valence electrons. The molecule has 9 nitrogen and oxygen atoms in total. The van der Waals surface area contributed by atoms with Crippen LogP contribution < -0.4 is 20.3 Å². The van der Waals surface area contributed by atoms with Crippen molar-refractivity contribution >= 4 is 35.2 Å². The molecule has 3 aromatic rings. The molecule has 2 N–H and O–H groups in total. The Morgan fingerprint density at radius 3 is 1.76 bits per heavy atom. The largest absolute Gasteiger partial charge is 0.444 e. The number of hydrogen-bond donors (Lipinski definition) is 2. The maximum absolute atomic E-state index is 12.5. The third-order valence-electron chi connectivity index (χ3n) is 6.15. The summed E-state index contributed by atoms with van der Waals surface area (Å²) >= 11 is 0. The minimum Gasteiger partial charge on any atom is -0.444 e. The van der Waals surface area contributed by atoms with Crippen LogP contribution in [0.4, 0.5) is 26.7 Å². The van der Waals surface area contributed by atoms with Gasteiger partial charge in [0.2, 0.25) is 0 Å². The standard InChI is InChI=1S/C32H37N3O6/c1-19(36)39-23-13-9-20(10-14-23)28-26-17-21(33-29(37)40-31(2,3)4)11-15-24(26)25-16-12-22(18-27(25)35(28)8)34-30(38)41-32(5,6)7/h9-18,28H,1-8H3,(H,33,37)(H,34,38). The minimum atomic E-state index is -0.630. The molecular formula is C32H37N3O6. The maximum atomic E-state index is 12.5. The van der Waals surface area contributed by atoms with E-state index in [0.717, 1.165) is 27.9 Å². The lowest BCUT2D eigenvalue weighted by atomic mass is 9.84. The lowest BCUT2D eigenvalue weighted by molar-refractivity contribution is -0.131. The second kappa shape index (κ2) is 11.2. The van der Waals surface area contributed by atoms with E-state index >= 15 is 0 Å². The van der Waals surface area contributed by atoms with E-state index in [1.165, 1.54) is 6.92 Å². The van der Waals surface area contributed by atoms with Gasteiger partial charge in [0.05, 0.1) is 6.04 Å². The average Bonchev–Trinajstić information content (AvgIpc) is 2.82. The van der Waals surface area contributed by atoms with E-state index in [0.29, 0.717) is 17.1 Å². The van der Waals surface area contributed by atoms with Crippen LogP contribution in [0.5, 0.6) is 5.75 Å². The fraction of sp³-hybridized carbons (Fsp3) is 0.344. The quantitative estimate of drug-likeness (QED) is 0.252. The number of benzene rings is 3. The monoisotopic (exact) mass is 559 g/mol. The zero-order valence-electron chi connectivity index (χ0n) is 24.7. The van der Waals surface area contributed by atoms with Crippen molar-refractivity contribution in [1.82, 2.24) is 0 Å². The molecule has 1 heterocycles. The molecule has 0 saturated heterocycles. The second-order valence-corrected chi connectivity index (χ2v) is 12.0. The van der Waals surface area contributed by atoms with E-state index in [-0.39, 0.29) is 6.04 Å². The van der Waals surface area contributed by atoms with Gasteiger partial charge in [0.15, 0.2) is 0 Å². The van der Waals surface area contributed by atoms with Crippen molar-refractivity contribution < 1.29 is 28.6 Å². The van der Waals surface area contributed by atoms with Crippen LogP contribution in [0, 0.1) is 0 Å². The highest BCUT2D eigenvalue weighted by Crippen LogP contribution is 2.48. The molecule has 1 aliphatic rings. The molecule has 0 saturated carbocycles. The summed E-state index contributed by atoms with van der Waals surface area (Å²) in [5, 5.41) is 5.67. The first-order valence-electron chi connectivity index (χ1n) is 13.4. The number of ether oxygens (including phenoxy) is 3. The van der Waals surface area contributed by atoms with Gasteiger partial charge in [-0.25, -0.2) is 9.59 Å². The van der Waals surface area contributed by atoms with Crippen molar-refractivity contribution in [3.63, 3.8) is 0 Å². The fourth-order valence-corrected chi connectivity index (χ4v) is 4.72. The lowest BCUT2D eigenvalue weighted by Gasteiger charge is -2.38. The van der Waals surface area contributed by atoms with Crippen molar-refractivity contribution in [3.05, 3.63) is 71.8 Å². The summed E-state index contributed by atoms with van der Waals surface area (Å²) in [6.07, 6.45) is -1.08. The van der Waals surface area contributed by atoms with E-state index in [2.05, 4.69) is 15.5 Å². The number of nitrogens with one attached hydrogen (secondary N) is 2. The molecule has 0 bridgehead atoms. The highest BCUT2D eigenvalue weighted by atomic mass is 16.6. The first kappa shape index (κ1) is 29.5. The number of carbonyl (C=O) groups excluding carboxylic acids is 3. The predicted octanol–water partition coefficient (Wildman–Crippen LogP) is 7.51. The molecule has 41 heavy (non-hydrogen) atoms. The highest BCUT2D eigenvalue weighted by Gasteiger charge is 2.31. The Kier molecular flexibility index (Phi) is 8.01. The molecule has 0 fully saturated rings. The Balaban J connectivity index is 1.76. The summed E-state index contributed by atoms with van der Waals surface area (Å²) in [6.45, 7) is 12.2. The molecule has 0 radical (unpaired) electrons. The minimum absolute atomic E-state index is 0.263. The summed E-state index contributed by atoms with van der Waals surface area (Å²) in [7, 11) is 1.97. The average molecular weight is 560 g/mol. The van der Waals surface area contributed by atoms with Crippen LogP contribution in [0.1, 0.15) is 65.6 Å². The molecule has 0 spiro atoms. The van der Waals surface area contributed by atoms with Gasteiger partial charge in [-0.1, -0.05) is 24.3 Å². The number of amides is 2. The van der Waals surface area contributed by atoms with E-state index in [1.807, 2.05) is 97.1 Å². The molecule has 4 rings (SSSR count). The van der Waals surface area contributed by atoms with Crippen molar-refractivity contribution in [2.24, 2.45) is 0 Å². The van der Waals surface area contributed by atoms with Gasteiger partial charge in [0.25, 0.3) is 0 Å². The maximum Gasteiger partial charge on any atom is 0.412 e. The van der Waals surface area contributed by atoms with Gasteiger partial charge >= 0.3 is 18.2 Å². The number of rotatable bonds is 4. The van der Waals surface area contributed by atoms with Gasteiger partial charge in [-0.2, -0.15) is 0 Å². The summed E-state index contributed by atoms with van der Waals surface area (Å²) < 4.78 is 16.1. The second-order valence-electron chi connectivity index (χ2n) is 12.0. The molecule has 9 heteroatoms. The Bertz CT molecular complexity index is 1470. The van der Waals surface area contributed by atoms with Gasteiger partial charge in [0.1, 0.15) is 17.0 Å². The Labute approximate surface area is 240 Å². The van der Waals surface area contributed by atoms with Crippen molar-refractivity contribution in [1.29, 1.82) is 0 Å². The fourth-order valence-electron chi connectivity index (χ4n) is 4.72. The number of nitrogens with zero attached hydrogens (tertiary/aromatic N) is 1. The first-order valence-corrected chi connectivity index (χ1v) is 13.4. The van der Waals surface area contributed by atoms with Crippen LogP contribution in [-0.2, 0) is 14.3 Å². The first-order chi connectivity index (χ1) is 19.1. The molecule has 1 aliphatic heterocycles. The molecule has 3 aromatic carbocycles. The number of carbonyl (C=O) groups is 3. The van der Waals surface area contributed by atoms with E-state index in [4.69, 9.17) is 14.2 Å².